The quantitative estimate of drug-likeness (QED) is 0.901. The van der Waals surface area contributed by atoms with Gasteiger partial charge in [0.05, 0.1) is 11.3 Å². The van der Waals surface area contributed by atoms with Crippen molar-refractivity contribution in [2.75, 3.05) is 5.73 Å². The average Bonchev–Trinajstić information content (AvgIpc) is 2.32. The maximum absolute atomic E-state index is 12.5. The smallest absolute Gasteiger partial charge is 0.416 e. The number of nitrogen functional groups attached to an aromatic ring is 1. The molecule has 0 saturated heterocycles. The predicted molar refractivity (Wildman–Crippen MR) is 64.9 cm³/mol. The van der Waals surface area contributed by atoms with Crippen LogP contribution in [-0.2, 0) is 6.18 Å². The van der Waals surface area contributed by atoms with Gasteiger partial charge in [0, 0.05) is 6.20 Å². The second-order valence-electron chi connectivity index (χ2n) is 4.03. The highest BCUT2D eigenvalue weighted by Crippen LogP contribution is 2.33. The fourth-order valence-electron chi connectivity index (χ4n) is 1.51. The Bertz CT molecular complexity index is 597. The number of alkyl halides is 3. The zero-order valence-corrected chi connectivity index (χ0v) is 10.0. The standard InChI is InChI=1S/C13H11F3N2O/c1-8-5-11(17)12(18-7-8)19-10-4-2-3-9(6-10)13(14,15)16/h2-7H,17H2,1H3. The highest BCUT2D eigenvalue weighted by atomic mass is 19.4. The number of anilines is 1. The van der Waals surface area contributed by atoms with Crippen LogP contribution < -0.4 is 10.5 Å². The van der Waals surface area contributed by atoms with Crippen LogP contribution in [0.4, 0.5) is 18.9 Å². The maximum atomic E-state index is 12.5. The van der Waals surface area contributed by atoms with Gasteiger partial charge in [-0.2, -0.15) is 13.2 Å². The molecule has 19 heavy (non-hydrogen) atoms. The summed E-state index contributed by atoms with van der Waals surface area (Å²) in [6.07, 6.45) is -2.88. The summed E-state index contributed by atoms with van der Waals surface area (Å²) < 4.78 is 42.9. The number of rotatable bonds is 2. The first kappa shape index (κ1) is 13.2. The fraction of sp³-hybridized carbons (Fsp3) is 0.154. The van der Waals surface area contributed by atoms with Crippen LogP contribution in [-0.4, -0.2) is 4.98 Å². The van der Waals surface area contributed by atoms with Crippen LogP contribution in [0, 0.1) is 6.92 Å². The van der Waals surface area contributed by atoms with Gasteiger partial charge in [-0.1, -0.05) is 6.07 Å². The van der Waals surface area contributed by atoms with E-state index in [1.54, 1.807) is 13.0 Å². The molecular weight excluding hydrogens is 257 g/mol. The molecule has 0 fully saturated rings. The topological polar surface area (TPSA) is 48.1 Å². The number of benzene rings is 1. The monoisotopic (exact) mass is 268 g/mol. The summed E-state index contributed by atoms with van der Waals surface area (Å²) in [5.74, 6) is 0.128. The lowest BCUT2D eigenvalue weighted by atomic mass is 10.2. The second kappa shape index (κ2) is 4.79. The minimum Gasteiger partial charge on any atom is -0.437 e. The molecule has 1 heterocycles. The van der Waals surface area contributed by atoms with Crippen molar-refractivity contribution >= 4 is 5.69 Å². The van der Waals surface area contributed by atoms with Gasteiger partial charge in [0.25, 0.3) is 0 Å². The van der Waals surface area contributed by atoms with Crippen molar-refractivity contribution in [1.82, 2.24) is 4.98 Å². The molecule has 0 saturated carbocycles. The van der Waals surface area contributed by atoms with E-state index < -0.39 is 11.7 Å². The molecule has 0 aliphatic heterocycles. The van der Waals surface area contributed by atoms with Gasteiger partial charge < -0.3 is 10.5 Å². The Balaban J connectivity index is 2.29. The fourth-order valence-corrected chi connectivity index (χ4v) is 1.51. The lowest BCUT2D eigenvalue weighted by Crippen LogP contribution is -2.04. The summed E-state index contributed by atoms with van der Waals surface area (Å²) in [4.78, 5) is 3.94. The molecule has 100 valence electrons. The molecule has 2 rings (SSSR count). The molecule has 0 spiro atoms. The third kappa shape index (κ3) is 3.15. The zero-order chi connectivity index (χ0) is 14.0. The highest BCUT2D eigenvalue weighted by Gasteiger charge is 2.30. The lowest BCUT2D eigenvalue weighted by Gasteiger charge is -2.10. The SMILES string of the molecule is Cc1cnc(Oc2cccc(C(F)(F)F)c2)c(N)c1. The Morgan fingerprint density at radius 1 is 1.21 bits per heavy atom. The molecule has 0 radical (unpaired) electrons. The van der Waals surface area contributed by atoms with E-state index in [0.717, 1.165) is 17.7 Å². The highest BCUT2D eigenvalue weighted by molar-refractivity contribution is 5.51. The summed E-state index contributed by atoms with van der Waals surface area (Å²) >= 11 is 0. The first-order valence-electron chi connectivity index (χ1n) is 5.43. The van der Waals surface area contributed by atoms with E-state index in [2.05, 4.69) is 4.98 Å². The van der Waals surface area contributed by atoms with Crippen LogP contribution in [0.25, 0.3) is 0 Å². The third-order valence-corrected chi connectivity index (χ3v) is 2.39. The van der Waals surface area contributed by atoms with Gasteiger partial charge in [-0.05, 0) is 36.8 Å². The number of aryl methyl sites for hydroxylation is 1. The van der Waals surface area contributed by atoms with Gasteiger partial charge >= 0.3 is 6.18 Å². The van der Waals surface area contributed by atoms with Crippen molar-refractivity contribution < 1.29 is 17.9 Å². The first-order valence-corrected chi connectivity index (χ1v) is 5.43. The van der Waals surface area contributed by atoms with Gasteiger partial charge in [-0.3, -0.25) is 0 Å². The number of pyridine rings is 1. The number of hydrogen-bond donors (Lipinski definition) is 1. The molecule has 0 amide bonds. The van der Waals surface area contributed by atoms with Crippen LogP contribution in [0.5, 0.6) is 11.6 Å². The molecule has 2 aromatic rings. The van der Waals surface area contributed by atoms with E-state index in [9.17, 15) is 13.2 Å². The molecule has 0 unspecified atom stereocenters. The van der Waals surface area contributed by atoms with E-state index in [4.69, 9.17) is 10.5 Å². The summed E-state index contributed by atoms with van der Waals surface area (Å²) in [5.41, 5.74) is 6.02. The van der Waals surface area contributed by atoms with E-state index >= 15 is 0 Å². The number of aromatic nitrogens is 1. The van der Waals surface area contributed by atoms with E-state index in [-0.39, 0.29) is 17.3 Å². The Morgan fingerprint density at radius 3 is 2.58 bits per heavy atom. The van der Waals surface area contributed by atoms with Crippen molar-refractivity contribution in [3.63, 3.8) is 0 Å². The molecule has 3 nitrogen and oxygen atoms in total. The van der Waals surface area contributed by atoms with Crippen molar-refractivity contribution in [1.29, 1.82) is 0 Å². The van der Waals surface area contributed by atoms with Gasteiger partial charge in [0.2, 0.25) is 5.88 Å². The molecule has 6 heteroatoms. The molecule has 1 aromatic heterocycles. The number of halogens is 3. The van der Waals surface area contributed by atoms with Crippen LogP contribution in [0.3, 0.4) is 0 Å². The zero-order valence-electron chi connectivity index (χ0n) is 10.0. The maximum Gasteiger partial charge on any atom is 0.416 e. The van der Waals surface area contributed by atoms with Gasteiger partial charge in [0.1, 0.15) is 5.75 Å². The van der Waals surface area contributed by atoms with Gasteiger partial charge in [0.15, 0.2) is 0 Å². The van der Waals surface area contributed by atoms with E-state index in [1.165, 1.54) is 18.3 Å². The lowest BCUT2D eigenvalue weighted by molar-refractivity contribution is -0.137. The van der Waals surface area contributed by atoms with E-state index in [0.29, 0.717) is 0 Å². The normalized spacial score (nSPS) is 11.4. The Labute approximate surface area is 107 Å². The van der Waals surface area contributed by atoms with Crippen molar-refractivity contribution in [2.45, 2.75) is 13.1 Å². The molecular formula is C13H11F3N2O. The molecule has 1 aromatic carbocycles. The number of nitrogens with two attached hydrogens (primary N) is 1. The molecule has 2 N–H and O–H groups in total. The third-order valence-electron chi connectivity index (χ3n) is 2.39. The first-order chi connectivity index (χ1) is 8.86. The molecule has 0 aliphatic carbocycles. The van der Waals surface area contributed by atoms with Crippen molar-refractivity contribution in [3.8, 4) is 11.6 Å². The van der Waals surface area contributed by atoms with Gasteiger partial charge in [-0.25, -0.2) is 4.98 Å². The van der Waals surface area contributed by atoms with Crippen LogP contribution in [0.15, 0.2) is 36.5 Å². The molecule has 0 bridgehead atoms. The predicted octanol–water partition coefficient (Wildman–Crippen LogP) is 3.78. The molecule has 0 atom stereocenters. The summed E-state index contributed by atoms with van der Waals surface area (Å²) in [7, 11) is 0. The number of ether oxygens (including phenoxy) is 1. The Hall–Kier alpha value is -2.24. The van der Waals surface area contributed by atoms with Gasteiger partial charge in [-0.15, -0.1) is 0 Å². The summed E-state index contributed by atoms with van der Waals surface area (Å²) in [6.45, 7) is 1.80. The minimum absolute atomic E-state index is 0.0397. The number of hydrogen-bond acceptors (Lipinski definition) is 3. The summed E-state index contributed by atoms with van der Waals surface area (Å²) in [5, 5.41) is 0. The van der Waals surface area contributed by atoms with Crippen molar-refractivity contribution in [2.24, 2.45) is 0 Å². The second-order valence-corrected chi connectivity index (χ2v) is 4.03. The van der Waals surface area contributed by atoms with Crippen LogP contribution in [0.2, 0.25) is 0 Å². The average molecular weight is 268 g/mol. The van der Waals surface area contributed by atoms with Crippen LogP contribution >= 0.6 is 0 Å². The minimum atomic E-state index is -4.41. The van der Waals surface area contributed by atoms with Crippen LogP contribution in [0.1, 0.15) is 11.1 Å². The van der Waals surface area contributed by atoms with E-state index in [1.807, 2.05) is 0 Å². The summed E-state index contributed by atoms with van der Waals surface area (Å²) in [6, 6.07) is 6.19. The Kier molecular flexibility index (Phi) is 3.33. The van der Waals surface area contributed by atoms with Crippen molar-refractivity contribution in [3.05, 3.63) is 47.7 Å². The Morgan fingerprint density at radius 2 is 1.95 bits per heavy atom. The molecule has 0 aliphatic rings. The number of nitrogens with zero attached hydrogens (tertiary/aromatic N) is 1. The largest absolute Gasteiger partial charge is 0.437 e.